The number of aromatic nitrogens is 2. The zero-order valence-electron chi connectivity index (χ0n) is 46.2. The average Bonchev–Trinajstić information content (AvgIpc) is 1.69. The largest absolute Gasteiger partial charge is 0.436 e. The molecule has 0 unspecified atom stereocenters. The lowest BCUT2D eigenvalue weighted by molar-refractivity contribution is 0.619. The Bertz CT molecular complexity index is 4830. The molecule has 14 aromatic rings. The number of fused-ring (bicyclic) bond motifs is 14. The summed E-state index contributed by atoms with van der Waals surface area (Å²) in [6.45, 7) is 4.74. The molecule has 3 heterocycles. The van der Waals surface area contributed by atoms with Gasteiger partial charge in [0.05, 0.1) is 16.8 Å². The van der Waals surface area contributed by atoms with Crippen molar-refractivity contribution in [3.05, 3.63) is 312 Å². The molecule has 0 N–H and O–H groups in total. The maximum absolute atomic E-state index is 6.16. The Balaban J connectivity index is 0.782. The molecular weight excluding hydrogens is 1020 g/mol. The molecule has 0 radical (unpaired) electrons. The van der Waals surface area contributed by atoms with Gasteiger partial charge in [-0.1, -0.05) is 178 Å². The van der Waals surface area contributed by atoms with E-state index in [1.807, 2.05) is 48.5 Å². The first-order valence-electron chi connectivity index (χ1n) is 28.8. The van der Waals surface area contributed by atoms with E-state index in [1.54, 1.807) is 0 Å². The van der Waals surface area contributed by atoms with Crippen LogP contribution in [0.4, 0.5) is 34.1 Å². The zero-order chi connectivity index (χ0) is 55.7. The van der Waals surface area contributed by atoms with Gasteiger partial charge in [-0.15, -0.1) is 0 Å². The Kier molecular flexibility index (Phi) is 10.5. The number of hydrogen-bond acceptors (Lipinski definition) is 6. The van der Waals surface area contributed by atoms with Crippen LogP contribution in [0.1, 0.15) is 47.2 Å². The van der Waals surface area contributed by atoms with Crippen molar-refractivity contribution in [3.8, 4) is 67.4 Å². The van der Waals surface area contributed by atoms with Gasteiger partial charge in [0.15, 0.2) is 11.2 Å². The number of nitrogens with zero attached hydrogens (tertiary/aromatic N) is 4. The van der Waals surface area contributed by atoms with Crippen molar-refractivity contribution in [2.75, 3.05) is 9.80 Å². The summed E-state index contributed by atoms with van der Waals surface area (Å²) in [4.78, 5) is 14.4. The summed E-state index contributed by atoms with van der Waals surface area (Å²) in [6, 6.07) is 101. The van der Waals surface area contributed by atoms with Crippen LogP contribution in [0.15, 0.2) is 288 Å². The Hall–Kier alpha value is -10.8. The van der Waals surface area contributed by atoms with Crippen molar-refractivity contribution < 1.29 is 8.83 Å². The van der Waals surface area contributed by atoms with Crippen LogP contribution in [0.25, 0.3) is 89.6 Å². The molecule has 2 aliphatic carbocycles. The molecule has 17 rings (SSSR count). The second kappa shape index (κ2) is 18.3. The second-order valence-corrected chi connectivity index (χ2v) is 22.9. The normalized spacial score (nSPS) is 13.8. The Labute approximate surface area is 486 Å². The smallest absolute Gasteiger partial charge is 0.227 e. The van der Waals surface area contributed by atoms with Gasteiger partial charge in [-0.05, 0) is 193 Å². The first-order chi connectivity index (χ1) is 41.4. The van der Waals surface area contributed by atoms with Gasteiger partial charge < -0.3 is 18.6 Å². The van der Waals surface area contributed by atoms with Crippen LogP contribution in [0, 0.1) is 0 Å². The molecule has 0 amide bonds. The fourth-order valence-electron chi connectivity index (χ4n) is 14.0. The third-order valence-corrected chi connectivity index (χ3v) is 18.0. The van der Waals surface area contributed by atoms with Crippen LogP contribution in [0.3, 0.4) is 0 Å². The summed E-state index contributed by atoms with van der Waals surface area (Å²) in [5.41, 5.74) is 28.2. The van der Waals surface area contributed by atoms with Gasteiger partial charge in [-0.3, -0.25) is 0 Å². The number of hydrogen-bond donors (Lipinski definition) is 0. The standard InChI is InChI=1S/C78H52N4O2/c1-77(2)65-22-10-13-25-71(65)82(72-45-38-54(46-68(72)77)51-30-34-53(35-31-51)76-80-70-24-12-15-27-74(70)84-76)58-42-44-62-61-43-41-57(47-66(61)78(67(62)48-58)63-20-8-6-18-59(63)60-19-7-9-21-64(60)78)81(55-16-4-3-5-17-55)56-39-36-50(37-40-56)49-28-32-52(33-29-49)75-79-69-23-11-14-26-73(69)83-75/h3-48H,1-2H3. The van der Waals surface area contributed by atoms with E-state index in [9.17, 15) is 0 Å². The van der Waals surface area contributed by atoms with Crippen molar-refractivity contribution in [1.29, 1.82) is 0 Å². The number of oxazole rings is 2. The molecule has 2 aromatic heterocycles. The Morgan fingerprint density at radius 3 is 1.38 bits per heavy atom. The molecule has 0 saturated carbocycles. The van der Waals surface area contributed by atoms with Crippen LogP contribution in [-0.2, 0) is 10.8 Å². The van der Waals surface area contributed by atoms with E-state index in [-0.39, 0.29) is 5.41 Å². The lowest BCUT2D eigenvalue weighted by atomic mass is 9.70. The molecule has 6 nitrogen and oxygen atoms in total. The number of benzene rings is 12. The Morgan fingerprint density at radius 1 is 0.321 bits per heavy atom. The molecule has 12 aromatic carbocycles. The van der Waals surface area contributed by atoms with E-state index >= 15 is 0 Å². The van der Waals surface area contributed by atoms with Gasteiger partial charge in [0.1, 0.15) is 11.0 Å². The molecule has 84 heavy (non-hydrogen) atoms. The predicted octanol–water partition coefficient (Wildman–Crippen LogP) is 20.6. The lowest BCUT2D eigenvalue weighted by Crippen LogP contribution is -2.31. The van der Waals surface area contributed by atoms with Crippen molar-refractivity contribution in [2.45, 2.75) is 24.7 Å². The third-order valence-electron chi connectivity index (χ3n) is 18.0. The predicted molar refractivity (Wildman–Crippen MR) is 341 cm³/mol. The fraction of sp³-hybridized carbons (Fsp3) is 0.0513. The van der Waals surface area contributed by atoms with E-state index < -0.39 is 5.41 Å². The van der Waals surface area contributed by atoms with Crippen molar-refractivity contribution in [1.82, 2.24) is 9.97 Å². The molecule has 0 bridgehead atoms. The molecule has 1 spiro atoms. The molecule has 0 saturated heterocycles. The van der Waals surface area contributed by atoms with Gasteiger partial charge in [0, 0.05) is 39.3 Å². The first-order valence-corrected chi connectivity index (χ1v) is 28.8. The quantitative estimate of drug-likeness (QED) is 0.151. The summed E-state index contributed by atoms with van der Waals surface area (Å²) in [5, 5.41) is 0. The summed E-state index contributed by atoms with van der Waals surface area (Å²) < 4.78 is 12.3. The third kappa shape index (κ3) is 7.17. The van der Waals surface area contributed by atoms with Gasteiger partial charge in [-0.2, -0.15) is 0 Å². The highest BCUT2D eigenvalue weighted by molar-refractivity contribution is 5.99. The molecule has 0 atom stereocenters. The highest BCUT2D eigenvalue weighted by atomic mass is 16.4. The highest BCUT2D eigenvalue weighted by Gasteiger charge is 2.52. The van der Waals surface area contributed by atoms with E-state index in [0.717, 1.165) is 78.3 Å². The minimum absolute atomic E-state index is 0.296. The van der Waals surface area contributed by atoms with Crippen LogP contribution in [-0.4, -0.2) is 9.97 Å². The number of rotatable bonds is 8. The van der Waals surface area contributed by atoms with Crippen molar-refractivity contribution >= 4 is 56.3 Å². The van der Waals surface area contributed by atoms with Crippen molar-refractivity contribution in [2.24, 2.45) is 0 Å². The van der Waals surface area contributed by atoms with E-state index in [0.29, 0.717) is 11.8 Å². The van der Waals surface area contributed by atoms with Gasteiger partial charge in [0.2, 0.25) is 11.8 Å². The summed E-state index contributed by atoms with van der Waals surface area (Å²) >= 11 is 0. The molecule has 3 aliphatic rings. The molecule has 0 fully saturated rings. The maximum atomic E-state index is 6.16. The van der Waals surface area contributed by atoms with E-state index in [4.69, 9.17) is 18.8 Å². The second-order valence-electron chi connectivity index (χ2n) is 22.9. The summed E-state index contributed by atoms with van der Waals surface area (Å²) in [5.74, 6) is 1.25. The first kappa shape index (κ1) is 47.9. The lowest BCUT2D eigenvalue weighted by Gasteiger charge is -2.42. The molecule has 6 heteroatoms. The highest BCUT2D eigenvalue weighted by Crippen LogP contribution is 2.65. The minimum Gasteiger partial charge on any atom is -0.436 e. The summed E-state index contributed by atoms with van der Waals surface area (Å²) in [6.07, 6.45) is 0. The Morgan fingerprint density at radius 2 is 0.762 bits per heavy atom. The van der Waals surface area contributed by atoms with Crippen LogP contribution in [0.5, 0.6) is 0 Å². The fourth-order valence-corrected chi connectivity index (χ4v) is 14.0. The monoisotopic (exact) mass is 1080 g/mol. The molecule has 1 aliphatic heterocycles. The summed E-state index contributed by atoms with van der Waals surface area (Å²) in [7, 11) is 0. The zero-order valence-corrected chi connectivity index (χ0v) is 46.2. The topological polar surface area (TPSA) is 58.5 Å². The van der Waals surface area contributed by atoms with E-state index in [2.05, 4.69) is 254 Å². The van der Waals surface area contributed by atoms with Gasteiger partial charge >= 0.3 is 0 Å². The number of para-hydroxylation sites is 6. The SMILES string of the molecule is CC1(C)c2ccccc2N(c2ccc3c(c2)C2(c4ccccc4-c4ccccc42)c2cc(N(c4ccccc4)c4ccc(-c5ccc(-c6nc7ccccc7o6)cc5)cc4)ccc2-3)c2ccc(-c3ccc(-c4nc5ccccc5o4)cc3)cc21. The van der Waals surface area contributed by atoms with Crippen molar-refractivity contribution in [3.63, 3.8) is 0 Å². The van der Waals surface area contributed by atoms with Crippen LogP contribution < -0.4 is 9.80 Å². The minimum atomic E-state index is -0.620. The van der Waals surface area contributed by atoms with Crippen LogP contribution in [0.2, 0.25) is 0 Å². The average molecular weight is 1080 g/mol. The van der Waals surface area contributed by atoms with E-state index in [1.165, 1.54) is 67.0 Å². The van der Waals surface area contributed by atoms with Gasteiger partial charge in [-0.25, -0.2) is 9.97 Å². The van der Waals surface area contributed by atoms with Gasteiger partial charge in [0.25, 0.3) is 0 Å². The van der Waals surface area contributed by atoms with Crippen LogP contribution >= 0.6 is 0 Å². The molecule has 396 valence electrons. The number of anilines is 6. The molecular formula is C78H52N4O2. The maximum Gasteiger partial charge on any atom is 0.227 e.